The van der Waals surface area contributed by atoms with Crippen molar-refractivity contribution in [1.82, 2.24) is 5.32 Å². The minimum Gasteiger partial charge on any atom is -0.467 e. The number of hydrogen-bond acceptors (Lipinski definition) is 4. The number of aliphatic hydroxyl groups is 1. The molecule has 2 rings (SSSR count). The summed E-state index contributed by atoms with van der Waals surface area (Å²) in [4.78, 5) is 23.3. The zero-order valence-corrected chi connectivity index (χ0v) is 12.5. The minimum absolute atomic E-state index is 0.0936. The predicted molar refractivity (Wildman–Crippen MR) is 81.1 cm³/mol. The van der Waals surface area contributed by atoms with Crippen LogP contribution in [-0.4, -0.2) is 23.5 Å². The smallest absolute Gasteiger partial charge is 0.313 e. The van der Waals surface area contributed by atoms with E-state index in [1.54, 1.807) is 19.1 Å². The Morgan fingerprint density at radius 3 is 2.74 bits per heavy atom. The number of amides is 2. The molecule has 1 heterocycles. The van der Waals surface area contributed by atoms with Gasteiger partial charge in [-0.3, -0.25) is 9.59 Å². The average molecular weight is 320 g/mol. The van der Waals surface area contributed by atoms with E-state index in [0.717, 1.165) is 6.07 Å². The standard InChI is InChI=1S/C16H17FN2O4/c1-10-4-5-11(9-12(10)17)19-16(22)15(21)18-7-6-13(20)14-3-2-8-23-14/h2-5,8-9,13,20H,6-7H2,1H3,(H,18,21)(H,19,22)/t13-/m1/s1. The van der Waals surface area contributed by atoms with E-state index in [1.165, 1.54) is 18.4 Å². The second-order valence-electron chi connectivity index (χ2n) is 4.99. The van der Waals surface area contributed by atoms with Crippen LogP contribution in [0.25, 0.3) is 0 Å². The van der Waals surface area contributed by atoms with Crippen LogP contribution in [0.15, 0.2) is 41.0 Å². The fraction of sp³-hybridized carbons (Fsp3) is 0.250. The molecule has 0 saturated heterocycles. The Kier molecular flexibility index (Phi) is 5.48. The topological polar surface area (TPSA) is 91.6 Å². The molecular weight excluding hydrogens is 303 g/mol. The van der Waals surface area contributed by atoms with E-state index in [-0.39, 0.29) is 18.7 Å². The van der Waals surface area contributed by atoms with Gasteiger partial charge in [-0.1, -0.05) is 6.07 Å². The van der Waals surface area contributed by atoms with Crippen LogP contribution in [-0.2, 0) is 9.59 Å². The van der Waals surface area contributed by atoms with E-state index in [0.29, 0.717) is 11.3 Å². The summed E-state index contributed by atoms with van der Waals surface area (Å²) in [7, 11) is 0. The predicted octanol–water partition coefficient (Wildman–Crippen LogP) is 1.91. The molecule has 0 saturated carbocycles. The van der Waals surface area contributed by atoms with Crippen LogP contribution in [0.1, 0.15) is 23.8 Å². The number of aryl methyl sites for hydroxylation is 1. The molecule has 7 heteroatoms. The molecule has 0 aliphatic rings. The zero-order valence-electron chi connectivity index (χ0n) is 12.5. The first-order valence-electron chi connectivity index (χ1n) is 7.04. The fourth-order valence-corrected chi connectivity index (χ4v) is 1.88. The summed E-state index contributed by atoms with van der Waals surface area (Å²) >= 11 is 0. The Morgan fingerprint density at radius 2 is 2.09 bits per heavy atom. The quantitative estimate of drug-likeness (QED) is 0.734. The maximum absolute atomic E-state index is 13.4. The van der Waals surface area contributed by atoms with Crippen LogP contribution >= 0.6 is 0 Å². The van der Waals surface area contributed by atoms with Crippen LogP contribution < -0.4 is 10.6 Å². The summed E-state index contributed by atoms with van der Waals surface area (Å²) in [5.74, 6) is -1.85. The number of aliphatic hydroxyl groups excluding tert-OH is 1. The lowest BCUT2D eigenvalue weighted by Gasteiger charge is -2.09. The summed E-state index contributed by atoms with van der Waals surface area (Å²) in [5, 5.41) is 14.4. The summed E-state index contributed by atoms with van der Waals surface area (Å²) in [6, 6.07) is 7.41. The van der Waals surface area contributed by atoms with Gasteiger partial charge in [-0.2, -0.15) is 0 Å². The number of furan rings is 1. The Bertz CT molecular complexity index is 685. The van der Waals surface area contributed by atoms with Gasteiger partial charge in [-0.25, -0.2) is 4.39 Å². The molecule has 6 nitrogen and oxygen atoms in total. The van der Waals surface area contributed by atoms with Crippen LogP contribution in [0.3, 0.4) is 0 Å². The van der Waals surface area contributed by atoms with Gasteiger partial charge in [0.1, 0.15) is 17.7 Å². The summed E-state index contributed by atoms with van der Waals surface area (Å²) in [6.45, 7) is 1.69. The van der Waals surface area contributed by atoms with Crippen molar-refractivity contribution in [2.45, 2.75) is 19.4 Å². The molecule has 0 fully saturated rings. The van der Waals surface area contributed by atoms with Gasteiger partial charge in [0.25, 0.3) is 0 Å². The molecule has 0 aliphatic heterocycles. The molecular formula is C16H17FN2O4. The van der Waals surface area contributed by atoms with Crippen molar-refractivity contribution in [1.29, 1.82) is 0 Å². The van der Waals surface area contributed by atoms with Crippen LogP contribution in [0.2, 0.25) is 0 Å². The Hall–Kier alpha value is -2.67. The zero-order chi connectivity index (χ0) is 16.8. The van der Waals surface area contributed by atoms with E-state index >= 15 is 0 Å². The number of hydrogen-bond donors (Lipinski definition) is 3. The highest BCUT2D eigenvalue weighted by Crippen LogP contribution is 2.16. The average Bonchev–Trinajstić information content (AvgIpc) is 3.05. The highest BCUT2D eigenvalue weighted by molar-refractivity contribution is 6.39. The van der Waals surface area contributed by atoms with E-state index in [4.69, 9.17) is 4.42 Å². The van der Waals surface area contributed by atoms with E-state index in [2.05, 4.69) is 10.6 Å². The number of nitrogens with one attached hydrogen (secondary N) is 2. The van der Waals surface area contributed by atoms with Gasteiger partial charge < -0.3 is 20.2 Å². The number of benzene rings is 1. The first kappa shape index (κ1) is 16.7. The molecule has 3 N–H and O–H groups in total. The molecule has 0 aliphatic carbocycles. The Morgan fingerprint density at radius 1 is 1.30 bits per heavy atom. The lowest BCUT2D eigenvalue weighted by atomic mass is 10.2. The summed E-state index contributed by atoms with van der Waals surface area (Å²) in [5.41, 5.74) is 0.642. The third-order valence-corrected chi connectivity index (χ3v) is 3.21. The lowest BCUT2D eigenvalue weighted by Crippen LogP contribution is -2.36. The molecule has 1 aromatic carbocycles. The first-order valence-corrected chi connectivity index (χ1v) is 7.04. The first-order chi connectivity index (χ1) is 11.0. The van der Waals surface area contributed by atoms with Crippen molar-refractivity contribution in [3.8, 4) is 0 Å². The van der Waals surface area contributed by atoms with Crippen LogP contribution in [0, 0.1) is 12.7 Å². The van der Waals surface area contributed by atoms with Crippen molar-refractivity contribution in [2.24, 2.45) is 0 Å². The van der Waals surface area contributed by atoms with Gasteiger partial charge in [0.05, 0.1) is 6.26 Å². The Labute approximate surface area is 132 Å². The largest absolute Gasteiger partial charge is 0.467 e. The normalized spacial score (nSPS) is 11.8. The maximum Gasteiger partial charge on any atom is 0.313 e. The van der Waals surface area contributed by atoms with E-state index < -0.39 is 23.7 Å². The number of halogens is 1. The fourth-order valence-electron chi connectivity index (χ4n) is 1.88. The monoisotopic (exact) mass is 320 g/mol. The molecule has 2 amide bonds. The molecule has 23 heavy (non-hydrogen) atoms. The van der Waals surface area contributed by atoms with Gasteiger partial charge in [0.15, 0.2) is 0 Å². The number of anilines is 1. The molecule has 0 bridgehead atoms. The SMILES string of the molecule is Cc1ccc(NC(=O)C(=O)NCC[C@@H](O)c2ccco2)cc1F. The molecule has 0 spiro atoms. The van der Waals surface area contributed by atoms with Crippen molar-refractivity contribution in [3.63, 3.8) is 0 Å². The second kappa shape index (κ2) is 7.55. The van der Waals surface area contributed by atoms with Crippen molar-refractivity contribution in [3.05, 3.63) is 53.7 Å². The highest BCUT2D eigenvalue weighted by atomic mass is 19.1. The third-order valence-electron chi connectivity index (χ3n) is 3.21. The molecule has 2 aromatic rings. The maximum atomic E-state index is 13.4. The highest BCUT2D eigenvalue weighted by Gasteiger charge is 2.15. The van der Waals surface area contributed by atoms with Crippen molar-refractivity contribution >= 4 is 17.5 Å². The number of carbonyl (C=O) groups is 2. The summed E-state index contributed by atoms with van der Waals surface area (Å²) < 4.78 is 18.4. The third kappa shape index (κ3) is 4.65. The van der Waals surface area contributed by atoms with Crippen molar-refractivity contribution < 1.29 is 23.5 Å². The Balaban J connectivity index is 1.78. The molecule has 0 unspecified atom stereocenters. The minimum atomic E-state index is -0.902. The number of rotatable bonds is 5. The molecule has 0 radical (unpaired) electrons. The van der Waals surface area contributed by atoms with Crippen LogP contribution in [0.5, 0.6) is 0 Å². The van der Waals surface area contributed by atoms with Gasteiger partial charge in [-0.05, 0) is 43.2 Å². The van der Waals surface area contributed by atoms with Gasteiger partial charge in [-0.15, -0.1) is 0 Å². The second-order valence-corrected chi connectivity index (χ2v) is 4.99. The molecule has 1 atom stereocenters. The molecule has 1 aromatic heterocycles. The van der Waals surface area contributed by atoms with Gasteiger partial charge >= 0.3 is 11.8 Å². The summed E-state index contributed by atoms with van der Waals surface area (Å²) in [6.07, 6.45) is 0.774. The van der Waals surface area contributed by atoms with Gasteiger partial charge in [0.2, 0.25) is 0 Å². The van der Waals surface area contributed by atoms with Gasteiger partial charge in [0, 0.05) is 12.2 Å². The van der Waals surface area contributed by atoms with Crippen molar-refractivity contribution in [2.75, 3.05) is 11.9 Å². The molecule has 122 valence electrons. The van der Waals surface area contributed by atoms with E-state index in [1.807, 2.05) is 0 Å². The van der Waals surface area contributed by atoms with E-state index in [9.17, 15) is 19.1 Å². The lowest BCUT2D eigenvalue weighted by molar-refractivity contribution is -0.136. The number of carbonyl (C=O) groups excluding carboxylic acids is 2. The van der Waals surface area contributed by atoms with Crippen LogP contribution in [0.4, 0.5) is 10.1 Å².